The number of nitrogens with zero attached hydrogens (tertiary/aromatic N) is 2. The zero-order valence-corrected chi connectivity index (χ0v) is 17.5. The lowest BCUT2D eigenvalue weighted by Crippen LogP contribution is -2.40. The Labute approximate surface area is 167 Å². The molecule has 2 heterocycles. The lowest BCUT2D eigenvalue weighted by molar-refractivity contribution is -0.131. The van der Waals surface area contributed by atoms with E-state index in [1.54, 1.807) is 4.90 Å². The van der Waals surface area contributed by atoms with Crippen LogP contribution in [-0.4, -0.2) is 68.9 Å². The van der Waals surface area contributed by atoms with Crippen molar-refractivity contribution in [3.05, 3.63) is 35.6 Å². The third-order valence-corrected chi connectivity index (χ3v) is 7.92. The highest BCUT2D eigenvalue weighted by atomic mass is 32.2. The van der Waals surface area contributed by atoms with Gasteiger partial charge < -0.3 is 9.80 Å². The van der Waals surface area contributed by atoms with Gasteiger partial charge >= 0.3 is 0 Å². The molecule has 0 aliphatic carbocycles. The summed E-state index contributed by atoms with van der Waals surface area (Å²) in [5.41, 5.74) is 1.16. The van der Waals surface area contributed by atoms with Crippen LogP contribution in [0.1, 0.15) is 31.2 Å². The van der Waals surface area contributed by atoms with Crippen LogP contribution in [-0.2, 0) is 21.1 Å². The van der Waals surface area contributed by atoms with Crippen LogP contribution in [0.5, 0.6) is 0 Å². The summed E-state index contributed by atoms with van der Waals surface area (Å²) in [5.74, 6) is 0.763. The molecule has 2 fully saturated rings. The highest BCUT2D eigenvalue weighted by Crippen LogP contribution is 2.23. The van der Waals surface area contributed by atoms with Gasteiger partial charge in [-0.2, -0.15) is 0 Å². The van der Waals surface area contributed by atoms with Gasteiger partial charge in [0, 0.05) is 26.6 Å². The van der Waals surface area contributed by atoms with E-state index in [0.717, 1.165) is 51.0 Å². The molecular weight excluding hydrogens is 379 g/mol. The first-order valence-corrected chi connectivity index (χ1v) is 12.0. The molecule has 2 aliphatic rings. The predicted molar refractivity (Wildman–Crippen MR) is 108 cm³/mol. The van der Waals surface area contributed by atoms with Crippen molar-refractivity contribution in [2.45, 2.75) is 32.1 Å². The van der Waals surface area contributed by atoms with Crippen molar-refractivity contribution in [2.75, 3.05) is 44.7 Å². The van der Waals surface area contributed by atoms with Crippen LogP contribution >= 0.6 is 0 Å². The Morgan fingerprint density at radius 1 is 1.14 bits per heavy atom. The maximum Gasteiger partial charge on any atom is 0.222 e. The first kappa shape index (κ1) is 21.2. The topological polar surface area (TPSA) is 57.7 Å². The fraction of sp³-hybridized carbons (Fsp3) is 0.667. The number of carbonyl (C=O) groups excluding carboxylic acids is 1. The maximum atomic E-state index is 13.0. The number of halogens is 1. The monoisotopic (exact) mass is 410 g/mol. The number of hydrogen-bond acceptors (Lipinski definition) is 4. The van der Waals surface area contributed by atoms with Gasteiger partial charge in [-0.1, -0.05) is 12.1 Å². The van der Waals surface area contributed by atoms with E-state index >= 15 is 0 Å². The molecule has 156 valence electrons. The standard InChI is InChI=1S/C21H31FN2O3S/c1-23(21(25)14-19-9-13-28(26,27)16-19)15-18-7-11-24(12-8-18)10-6-17-2-4-20(22)5-3-17/h2-5,18-19H,6-16H2,1H3. The second-order valence-electron chi connectivity index (χ2n) is 8.41. The summed E-state index contributed by atoms with van der Waals surface area (Å²) in [5, 5.41) is 0. The number of benzene rings is 1. The second-order valence-corrected chi connectivity index (χ2v) is 10.6. The Kier molecular flexibility index (Phi) is 7.10. The minimum absolute atomic E-state index is 0.00624. The van der Waals surface area contributed by atoms with Gasteiger partial charge in [-0.25, -0.2) is 12.8 Å². The first-order chi connectivity index (χ1) is 13.3. The van der Waals surface area contributed by atoms with E-state index < -0.39 is 9.84 Å². The Morgan fingerprint density at radius 2 is 1.82 bits per heavy atom. The number of carbonyl (C=O) groups is 1. The fourth-order valence-corrected chi connectivity index (χ4v) is 6.12. The van der Waals surface area contributed by atoms with Crippen LogP contribution in [0.2, 0.25) is 0 Å². The van der Waals surface area contributed by atoms with E-state index in [0.29, 0.717) is 18.8 Å². The molecule has 2 aliphatic heterocycles. The first-order valence-electron chi connectivity index (χ1n) is 10.2. The van der Waals surface area contributed by atoms with Crippen LogP contribution in [0.15, 0.2) is 24.3 Å². The average Bonchev–Trinajstić information content (AvgIpc) is 3.00. The predicted octanol–water partition coefficient (Wildman–Crippen LogP) is 2.36. The molecule has 0 bridgehead atoms. The van der Waals surface area contributed by atoms with Crippen LogP contribution in [0.25, 0.3) is 0 Å². The summed E-state index contributed by atoms with van der Waals surface area (Å²) >= 11 is 0. The van der Waals surface area contributed by atoms with Gasteiger partial charge in [0.15, 0.2) is 9.84 Å². The Bertz CT molecular complexity index is 758. The van der Waals surface area contributed by atoms with Crippen molar-refractivity contribution in [2.24, 2.45) is 11.8 Å². The molecule has 0 aromatic heterocycles. The van der Waals surface area contributed by atoms with Crippen molar-refractivity contribution in [3.63, 3.8) is 0 Å². The molecule has 1 amide bonds. The van der Waals surface area contributed by atoms with Crippen molar-refractivity contribution in [3.8, 4) is 0 Å². The molecule has 1 unspecified atom stereocenters. The normalized spacial score (nSPS) is 23.0. The lowest BCUT2D eigenvalue weighted by Gasteiger charge is -2.34. The van der Waals surface area contributed by atoms with Gasteiger partial charge in [0.05, 0.1) is 11.5 Å². The summed E-state index contributed by atoms with van der Waals surface area (Å²) in [6.45, 7) is 3.77. The Morgan fingerprint density at radius 3 is 2.43 bits per heavy atom. The smallest absolute Gasteiger partial charge is 0.222 e. The molecule has 1 aromatic rings. The minimum atomic E-state index is -2.92. The zero-order valence-electron chi connectivity index (χ0n) is 16.6. The second kappa shape index (κ2) is 9.35. The summed E-state index contributed by atoms with van der Waals surface area (Å²) in [6, 6.07) is 6.71. The highest BCUT2D eigenvalue weighted by Gasteiger charge is 2.30. The molecule has 7 heteroatoms. The van der Waals surface area contributed by atoms with Gasteiger partial charge in [0.2, 0.25) is 5.91 Å². The van der Waals surface area contributed by atoms with E-state index in [2.05, 4.69) is 4.90 Å². The van der Waals surface area contributed by atoms with Crippen molar-refractivity contribution in [1.29, 1.82) is 0 Å². The Balaban J connectivity index is 1.35. The molecule has 5 nitrogen and oxygen atoms in total. The maximum absolute atomic E-state index is 13.0. The molecular formula is C21H31FN2O3S. The van der Waals surface area contributed by atoms with E-state index in [1.807, 2.05) is 19.2 Å². The van der Waals surface area contributed by atoms with Crippen molar-refractivity contribution >= 4 is 15.7 Å². The van der Waals surface area contributed by atoms with E-state index in [9.17, 15) is 17.6 Å². The van der Waals surface area contributed by atoms with Gasteiger partial charge in [-0.3, -0.25) is 4.79 Å². The number of hydrogen-bond donors (Lipinski definition) is 0. The van der Waals surface area contributed by atoms with E-state index in [1.165, 1.54) is 12.1 Å². The molecule has 0 spiro atoms. The average molecular weight is 411 g/mol. The summed E-state index contributed by atoms with van der Waals surface area (Å²) in [4.78, 5) is 16.7. The van der Waals surface area contributed by atoms with Crippen LogP contribution < -0.4 is 0 Å². The molecule has 0 saturated carbocycles. The number of likely N-dealkylation sites (tertiary alicyclic amines) is 1. The van der Waals surface area contributed by atoms with E-state index in [4.69, 9.17) is 0 Å². The van der Waals surface area contributed by atoms with Gasteiger partial charge in [-0.05, 0) is 68.3 Å². The van der Waals surface area contributed by atoms with Crippen LogP contribution in [0.4, 0.5) is 4.39 Å². The SMILES string of the molecule is CN(CC1CCN(CCc2ccc(F)cc2)CC1)C(=O)CC1CCS(=O)(=O)C1. The van der Waals surface area contributed by atoms with Gasteiger partial charge in [-0.15, -0.1) is 0 Å². The largest absolute Gasteiger partial charge is 0.345 e. The lowest BCUT2D eigenvalue weighted by atomic mass is 9.95. The quantitative estimate of drug-likeness (QED) is 0.693. The highest BCUT2D eigenvalue weighted by molar-refractivity contribution is 7.91. The van der Waals surface area contributed by atoms with Crippen LogP contribution in [0.3, 0.4) is 0 Å². The van der Waals surface area contributed by atoms with Gasteiger partial charge in [0.1, 0.15) is 5.82 Å². The fourth-order valence-electron chi connectivity index (χ4n) is 4.26. The molecule has 2 saturated heterocycles. The summed E-state index contributed by atoms with van der Waals surface area (Å²) < 4.78 is 36.1. The summed E-state index contributed by atoms with van der Waals surface area (Å²) in [7, 11) is -1.08. The molecule has 0 radical (unpaired) electrons. The zero-order chi connectivity index (χ0) is 20.1. The number of piperidine rings is 1. The Hall–Kier alpha value is -1.47. The van der Waals surface area contributed by atoms with Crippen molar-refractivity contribution in [1.82, 2.24) is 9.80 Å². The third kappa shape index (κ3) is 6.27. The minimum Gasteiger partial charge on any atom is -0.345 e. The van der Waals surface area contributed by atoms with Crippen LogP contribution in [0, 0.1) is 17.7 Å². The molecule has 28 heavy (non-hydrogen) atoms. The van der Waals surface area contributed by atoms with E-state index in [-0.39, 0.29) is 29.1 Å². The molecule has 1 aromatic carbocycles. The third-order valence-electron chi connectivity index (χ3n) is 6.08. The van der Waals surface area contributed by atoms with Gasteiger partial charge in [0.25, 0.3) is 0 Å². The molecule has 1 atom stereocenters. The number of amides is 1. The number of rotatable bonds is 7. The molecule has 0 N–H and O–H groups in total. The van der Waals surface area contributed by atoms with Crippen molar-refractivity contribution < 1.29 is 17.6 Å². The summed E-state index contributed by atoms with van der Waals surface area (Å²) in [6.07, 6.45) is 4.03. The number of sulfone groups is 1. The molecule has 3 rings (SSSR count).